The molecule has 0 aliphatic heterocycles. The van der Waals surface area contributed by atoms with Gasteiger partial charge in [0, 0.05) is 11.3 Å². The van der Waals surface area contributed by atoms with Crippen LogP contribution in [-0.4, -0.2) is 21.0 Å². The van der Waals surface area contributed by atoms with Gasteiger partial charge in [-0.3, -0.25) is 4.79 Å². The van der Waals surface area contributed by atoms with Crippen LogP contribution in [0.25, 0.3) is 11.3 Å². The third-order valence-electron chi connectivity index (χ3n) is 3.06. The second kappa shape index (κ2) is 5.22. The van der Waals surface area contributed by atoms with Gasteiger partial charge in [0.1, 0.15) is 17.6 Å². The lowest BCUT2D eigenvalue weighted by molar-refractivity contribution is -0.139. The molecule has 0 saturated heterocycles. The predicted molar refractivity (Wildman–Crippen MR) is 69.4 cm³/mol. The summed E-state index contributed by atoms with van der Waals surface area (Å²) in [6.45, 7) is 3.62. The van der Waals surface area contributed by atoms with Crippen molar-refractivity contribution in [1.82, 2.24) is 9.97 Å². The van der Waals surface area contributed by atoms with E-state index in [1.54, 1.807) is 19.1 Å². The standard InChI is InChI=1S/C14H15FN2O2/c1-3-11(14(18)19)13-16-8(2)12(17-13)9-4-6-10(15)7-5-9/h4-7,11H,3H2,1-2H3,(H,16,17)(H,18,19). The van der Waals surface area contributed by atoms with Crippen LogP contribution in [0.5, 0.6) is 0 Å². The molecule has 5 heteroatoms. The summed E-state index contributed by atoms with van der Waals surface area (Å²) in [5.74, 6) is -1.42. The number of carbonyl (C=O) groups is 1. The van der Waals surface area contributed by atoms with Crippen molar-refractivity contribution >= 4 is 5.97 Å². The van der Waals surface area contributed by atoms with Crippen LogP contribution in [0.15, 0.2) is 24.3 Å². The number of aryl methyl sites for hydroxylation is 1. The van der Waals surface area contributed by atoms with Crippen molar-refractivity contribution in [3.05, 3.63) is 41.6 Å². The van der Waals surface area contributed by atoms with Crippen molar-refractivity contribution in [1.29, 1.82) is 0 Å². The first-order valence-electron chi connectivity index (χ1n) is 6.08. The number of nitrogens with one attached hydrogen (secondary N) is 1. The summed E-state index contributed by atoms with van der Waals surface area (Å²) in [6, 6.07) is 5.98. The van der Waals surface area contributed by atoms with E-state index in [1.807, 2.05) is 6.92 Å². The fourth-order valence-electron chi connectivity index (χ4n) is 2.02. The Morgan fingerprint density at radius 3 is 2.58 bits per heavy atom. The normalized spacial score (nSPS) is 12.4. The Morgan fingerprint density at radius 1 is 1.42 bits per heavy atom. The number of aliphatic carboxylic acids is 1. The first kappa shape index (κ1) is 13.3. The average molecular weight is 262 g/mol. The highest BCUT2D eigenvalue weighted by Crippen LogP contribution is 2.25. The number of hydrogen-bond donors (Lipinski definition) is 2. The van der Waals surface area contributed by atoms with Crippen molar-refractivity contribution in [2.45, 2.75) is 26.2 Å². The molecule has 1 unspecified atom stereocenters. The Bertz CT molecular complexity index is 590. The van der Waals surface area contributed by atoms with Gasteiger partial charge >= 0.3 is 5.97 Å². The largest absolute Gasteiger partial charge is 0.481 e. The number of nitrogens with zero attached hydrogens (tertiary/aromatic N) is 1. The van der Waals surface area contributed by atoms with Crippen LogP contribution in [0.2, 0.25) is 0 Å². The Morgan fingerprint density at radius 2 is 2.05 bits per heavy atom. The molecule has 0 aliphatic carbocycles. The molecule has 0 spiro atoms. The van der Waals surface area contributed by atoms with Gasteiger partial charge in [0.25, 0.3) is 0 Å². The summed E-state index contributed by atoms with van der Waals surface area (Å²) in [5, 5.41) is 9.12. The lowest BCUT2D eigenvalue weighted by Crippen LogP contribution is -2.12. The minimum atomic E-state index is -0.901. The molecule has 100 valence electrons. The summed E-state index contributed by atoms with van der Waals surface area (Å²) in [6.07, 6.45) is 0.463. The number of H-pyrrole nitrogens is 1. The van der Waals surface area contributed by atoms with Gasteiger partial charge in [-0.25, -0.2) is 9.37 Å². The van der Waals surface area contributed by atoms with Crippen molar-refractivity contribution < 1.29 is 14.3 Å². The number of carboxylic acids is 1. The number of imidazole rings is 1. The predicted octanol–water partition coefficient (Wildman–Crippen LogP) is 3.10. The molecule has 0 fully saturated rings. The highest BCUT2D eigenvalue weighted by atomic mass is 19.1. The molecule has 0 radical (unpaired) electrons. The molecule has 1 aromatic heterocycles. The zero-order valence-electron chi connectivity index (χ0n) is 10.8. The molecule has 0 aliphatic rings. The van der Waals surface area contributed by atoms with E-state index in [0.29, 0.717) is 17.9 Å². The zero-order chi connectivity index (χ0) is 14.0. The second-order valence-electron chi connectivity index (χ2n) is 4.40. The molecule has 19 heavy (non-hydrogen) atoms. The molecule has 1 aromatic carbocycles. The minimum absolute atomic E-state index is 0.311. The van der Waals surface area contributed by atoms with Crippen LogP contribution >= 0.6 is 0 Å². The van der Waals surface area contributed by atoms with Gasteiger partial charge < -0.3 is 10.1 Å². The number of aromatic amines is 1. The average Bonchev–Trinajstić information content (AvgIpc) is 2.72. The topological polar surface area (TPSA) is 66.0 Å². The molecule has 0 bridgehead atoms. The lowest BCUT2D eigenvalue weighted by atomic mass is 10.1. The van der Waals surface area contributed by atoms with Gasteiger partial charge in [0.2, 0.25) is 0 Å². The highest BCUT2D eigenvalue weighted by molar-refractivity contribution is 5.75. The molecule has 2 N–H and O–H groups in total. The lowest BCUT2D eigenvalue weighted by Gasteiger charge is -2.04. The van der Waals surface area contributed by atoms with Crippen LogP contribution in [0, 0.1) is 12.7 Å². The summed E-state index contributed by atoms with van der Waals surface area (Å²) >= 11 is 0. The maximum Gasteiger partial charge on any atom is 0.314 e. The summed E-state index contributed by atoms with van der Waals surface area (Å²) < 4.78 is 12.9. The molecule has 1 atom stereocenters. The summed E-state index contributed by atoms with van der Waals surface area (Å²) in [4.78, 5) is 18.5. The van der Waals surface area contributed by atoms with E-state index in [-0.39, 0.29) is 5.82 Å². The maximum atomic E-state index is 12.9. The van der Waals surface area contributed by atoms with E-state index in [1.165, 1.54) is 12.1 Å². The molecule has 2 aromatic rings. The van der Waals surface area contributed by atoms with Crippen molar-refractivity contribution in [3.8, 4) is 11.3 Å². The third kappa shape index (κ3) is 2.65. The minimum Gasteiger partial charge on any atom is -0.481 e. The van der Waals surface area contributed by atoms with E-state index in [0.717, 1.165) is 11.3 Å². The maximum absolute atomic E-state index is 12.9. The molecular weight excluding hydrogens is 247 g/mol. The summed E-state index contributed by atoms with van der Waals surface area (Å²) in [7, 11) is 0. The van der Waals surface area contributed by atoms with Crippen LogP contribution in [0.1, 0.15) is 30.8 Å². The monoisotopic (exact) mass is 262 g/mol. The van der Waals surface area contributed by atoms with Crippen LogP contribution in [-0.2, 0) is 4.79 Å². The number of rotatable bonds is 4. The molecule has 1 heterocycles. The molecule has 4 nitrogen and oxygen atoms in total. The van der Waals surface area contributed by atoms with Crippen molar-refractivity contribution in [2.75, 3.05) is 0 Å². The van der Waals surface area contributed by atoms with Crippen molar-refractivity contribution in [3.63, 3.8) is 0 Å². The number of carboxylic acid groups (broad SMARTS) is 1. The zero-order valence-corrected chi connectivity index (χ0v) is 10.8. The van der Waals surface area contributed by atoms with Gasteiger partial charge in [-0.2, -0.15) is 0 Å². The van der Waals surface area contributed by atoms with Crippen LogP contribution in [0.3, 0.4) is 0 Å². The van der Waals surface area contributed by atoms with Gasteiger partial charge in [-0.15, -0.1) is 0 Å². The smallest absolute Gasteiger partial charge is 0.314 e. The van der Waals surface area contributed by atoms with Crippen LogP contribution < -0.4 is 0 Å². The Labute approximate surface area is 110 Å². The van der Waals surface area contributed by atoms with E-state index < -0.39 is 11.9 Å². The number of halogens is 1. The second-order valence-corrected chi connectivity index (χ2v) is 4.40. The number of hydrogen-bond acceptors (Lipinski definition) is 2. The van der Waals surface area contributed by atoms with Crippen LogP contribution in [0.4, 0.5) is 4.39 Å². The molecule has 0 saturated carbocycles. The molecule has 0 amide bonds. The quantitative estimate of drug-likeness (QED) is 0.889. The van der Waals surface area contributed by atoms with Gasteiger partial charge in [-0.1, -0.05) is 6.92 Å². The fourth-order valence-corrected chi connectivity index (χ4v) is 2.02. The molecular formula is C14H15FN2O2. The van der Waals surface area contributed by atoms with Gasteiger partial charge in [0.05, 0.1) is 5.69 Å². The van der Waals surface area contributed by atoms with Gasteiger partial charge in [-0.05, 0) is 37.6 Å². The van der Waals surface area contributed by atoms with Crippen molar-refractivity contribution in [2.24, 2.45) is 0 Å². The molecule has 2 rings (SSSR count). The van der Waals surface area contributed by atoms with E-state index >= 15 is 0 Å². The first-order chi connectivity index (χ1) is 9.02. The number of aromatic nitrogens is 2. The number of benzene rings is 1. The fraction of sp³-hybridized carbons (Fsp3) is 0.286. The Kier molecular flexibility index (Phi) is 3.64. The van der Waals surface area contributed by atoms with E-state index in [4.69, 9.17) is 5.11 Å². The highest BCUT2D eigenvalue weighted by Gasteiger charge is 2.22. The van der Waals surface area contributed by atoms with E-state index in [9.17, 15) is 9.18 Å². The Balaban J connectivity index is 2.41. The first-order valence-corrected chi connectivity index (χ1v) is 6.08. The SMILES string of the molecule is CCC(C(=O)O)c1nc(-c2ccc(F)cc2)c(C)[nH]1. The van der Waals surface area contributed by atoms with Gasteiger partial charge in [0.15, 0.2) is 0 Å². The third-order valence-corrected chi connectivity index (χ3v) is 3.06. The Hall–Kier alpha value is -2.17. The summed E-state index contributed by atoms with van der Waals surface area (Å²) in [5.41, 5.74) is 2.21. The van der Waals surface area contributed by atoms with E-state index in [2.05, 4.69) is 9.97 Å².